The summed E-state index contributed by atoms with van der Waals surface area (Å²) in [5, 5.41) is 14.3. The van der Waals surface area contributed by atoms with Gasteiger partial charge in [0, 0.05) is 16.3 Å². The van der Waals surface area contributed by atoms with Crippen LogP contribution in [0, 0.1) is 20.8 Å². The first-order valence-electron chi connectivity index (χ1n) is 6.38. The average molecular weight is 293 g/mol. The van der Waals surface area contributed by atoms with E-state index < -0.39 is 11.9 Å². The zero-order chi connectivity index (χ0) is 15.0. The normalized spacial score (nSPS) is 12.4. The molecule has 20 heavy (non-hydrogen) atoms. The maximum atomic E-state index is 11.2. The van der Waals surface area contributed by atoms with Crippen molar-refractivity contribution < 1.29 is 9.90 Å². The van der Waals surface area contributed by atoms with Crippen LogP contribution in [-0.4, -0.2) is 20.9 Å². The van der Waals surface area contributed by atoms with Gasteiger partial charge in [-0.2, -0.15) is 5.10 Å². The largest absolute Gasteiger partial charge is 0.481 e. The van der Waals surface area contributed by atoms with Gasteiger partial charge in [-0.3, -0.25) is 4.79 Å². The summed E-state index contributed by atoms with van der Waals surface area (Å²) in [6.07, 6.45) is 0. The highest BCUT2D eigenvalue weighted by molar-refractivity contribution is 6.31. The molecular weight excluding hydrogens is 276 g/mol. The third-order valence-electron chi connectivity index (χ3n) is 3.55. The van der Waals surface area contributed by atoms with Crippen molar-refractivity contribution in [2.24, 2.45) is 0 Å². The second-order valence-corrected chi connectivity index (χ2v) is 5.40. The standard InChI is InChI=1S/C15H17ClN2O2/c1-8-5-6-12(7-13(8)16)18-11(4)14(10(3)17-18)9(2)15(19)20/h5-7,9H,1-4H3,(H,19,20). The number of carboxylic acid groups (broad SMARTS) is 1. The first-order valence-corrected chi connectivity index (χ1v) is 6.76. The van der Waals surface area contributed by atoms with Gasteiger partial charge in [-0.15, -0.1) is 0 Å². The van der Waals surface area contributed by atoms with Gasteiger partial charge in [0.25, 0.3) is 0 Å². The molecule has 0 spiro atoms. The van der Waals surface area contributed by atoms with E-state index in [0.29, 0.717) is 5.02 Å². The molecule has 0 aliphatic rings. The Morgan fingerprint density at radius 3 is 2.55 bits per heavy atom. The molecule has 0 radical (unpaired) electrons. The number of carbonyl (C=O) groups is 1. The number of aliphatic carboxylic acids is 1. The van der Waals surface area contributed by atoms with Gasteiger partial charge in [-0.1, -0.05) is 17.7 Å². The summed E-state index contributed by atoms with van der Waals surface area (Å²) in [5.41, 5.74) is 4.15. The summed E-state index contributed by atoms with van der Waals surface area (Å²) in [7, 11) is 0. The quantitative estimate of drug-likeness (QED) is 0.939. The predicted octanol–water partition coefficient (Wildman–Crippen LogP) is 3.64. The van der Waals surface area contributed by atoms with E-state index in [-0.39, 0.29) is 0 Å². The number of carboxylic acids is 1. The second kappa shape index (κ2) is 5.29. The van der Waals surface area contributed by atoms with Crippen LogP contribution >= 0.6 is 11.6 Å². The van der Waals surface area contributed by atoms with Crippen LogP contribution in [-0.2, 0) is 4.79 Å². The van der Waals surface area contributed by atoms with Crippen molar-refractivity contribution >= 4 is 17.6 Å². The van der Waals surface area contributed by atoms with E-state index >= 15 is 0 Å². The number of hydrogen-bond acceptors (Lipinski definition) is 2. The number of nitrogens with zero attached hydrogens (tertiary/aromatic N) is 2. The van der Waals surface area contributed by atoms with Crippen molar-refractivity contribution in [1.29, 1.82) is 0 Å². The van der Waals surface area contributed by atoms with Crippen LogP contribution in [0.15, 0.2) is 18.2 Å². The smallest absolute Gasteiger partial charge is 0.310 e. The molecule has 2 aromatic rings. The summed E-state index contributed by atoms with van der Waals surface area (Å²) in [6, 6.07) is 5.69. The fourth-order valence-electron chi connectivity index (χ4n) is 2.37. The number of hydrogen-bond donors (Lipinski definition) is 1. The zero-order valence-corrected chi connectivity index (χ0v) is 12.7. The molecule has 5 heteroatoms. The molecule has 4 nitrogen and oxygen atoms in total. The number of benzene rings is 1. The maximum Gasteiger partial charge on any atom is 0.310 e. The van der Waals surface area contributed by atoms with E-state index in [1.165, 1.54) is 0 Å². The lowest BCUT2D eigenvalue weighted by Crippen LogP contribution is -2.09. The highest BCUT2D eigenvalue weighted by Crippen LogP contribution is 2.27. The molecule has 0 aliphatic heterocycles. The highest BCUT2D eigenvalue weighted by atomic mass is 35.5. The van der Waals surface area contributed by atoms with Gasteiger partial charge in [0.05, 0.1) is 17.3 Å². The van der Waals surface area contributed by atoms with Gasteiger partial charge >= 0.3 is 5.97 Å². The third-order valence-corrected chi connectivity index (χ3v) is 3.96. The van der Waals surface area contributed by atoms with Crippen LogP contribution in [0.4, 0.5) is 0 Å². The van der Waals surface area contributed by atoms with Crippen molar-refractivity contribution in [3.05, 3.63) is 45.7 Å². The maximum absolute atomic E-state index is 11.2. The molecule has 1 unspecified atom stereocenters. The Hall–Kier alpha value is -1.81. The van der Waals surface area contributed by atoms with Gasteiger partial charge in [-0.25, -0.2) is 4.68 Å². The lowest BCUT2D eigenvalue weighted by atomic mass is 9.99. The molecule has 0 saturated heterocycles. The van der Waals surface area contributed by atoms with Crippen molar-refractivity contribution in [2.45, 2.75) is 33.6 Å². The fraction of sp³-hybridized carbons (Fsp3) is 0.333. The SMILES string of the molecule is Cc1ccc(-n2nc(C)c(C(C)C(=O)O)c2C)cc1Cl. The van der Waals surface area contributed by atoms with E-state index in [4.69, 9.17) is 11.6 Å². The molecule has 1 heterocycles. The summed E-state index contributed by atoms with van der Waals surface area (Å²) in [5.74, 6) is -1.43. The molecule has 2 rings (SSSR count). The van der Waals surface area contributed by atoms with E-state index in [9.17, 15) is 9.90 Å². The zero-order valence-electron chi connectivity index (χ0n) is 11.9. The molecule has 0 fully saturated rings. The molecule has 0 amide bonds. The van der Waals surface area contributed by atoms with Crippen molar-refractivity contribution in [1.82, 2.24) is 9.78 Å². The van der Waals surface area contributed by atoms with Crippen LogP contribution in [0.1, 0.15) is 35.4 Å². The number of aromatic nitrogens is 2. The lowest BCUT2D eigenvalue weighted by Gasteiger charge is -2.09. The summed E-state index contributed by atoms with van der Waals surface area (Å²) >= 11 is 6.14. The van der Waals surface area contributed by atoms with Crippen LogP contribution in [0.5, 0.6) is 0 Å². The summed E-state index contributed by atoms with van der Waals surface area (Å²) in [4.78, 5) is 11.2. The predicted molar refractivity (Wildman–Crippen MR) is 78.8 cm³/mol. The minimum atomic E-state index is -0.849. The monoisotopic (exact) mass is 292 g/mol. The number of aryl methyl sites for hydroxylation is 2. The van der Waals surface area contributed by atoms with Crippen molar-refractivity contribution in [3.63, 3.8) is 0 Å². The average Bonchev–Trinajstić information content (AvgIpc) is 2.67. The van der Waals surface area contributed by atoms with Gasteiger partial charge < -0.3 is 5.11 Å². The summed E-state index contributed by atoms with van der Waals surface area (Å²) < 4.78 is 1.75. The van der Waals surface area contributed by atoms with Gasteiger partial charge in [-0.05, 0) is 45.4 Å². The minimum Gasteiger partial charge on any atom is -0.481 e. The molecule has 0 bridgehead atoms. The highest BCUT2D eigenvalue weighted by Gasteiger charge is 2.23. The second-order valence-electron chi connectivity index (χ2n) is 4.99. The number of halogens is 1. The summed E-state index contributed by atoms with van der Waals surface area (Å²) in [6.45, 7) is 7.31. The molecule has 1 aromatic heterocycles. The van der Waals surface area contributed by atoms with E-state index in [1.807, 2.05) is 39.0 Å². The first-order chi connectivity index (χ1) is 9.32. The lowest BCUT2D eigenvalue weighted by molar-refractivity contribution is -0.138. The number of rotatable bonds is 3. The minimum absolute atomic E-state index is 0.579. The molecule has 1 aromatic carbocycles. The first kappa shape index (κ1) is 14.6. The van der Waals surface area contributed by atoms with Crippen molar-refractivity contribution in [2.75, 3.05) is 0 Å². The van der Waals surface area contributed by atoms with Crippen molar-refractivity contribution in [3.8, 4) is 5.69 Å². The van der Waals surface area contributed by atoms with E-state index in [0.717, 1.165) is 28.2 Å². The molecule has 1 atom stereocenters. The Kier molecular flexibility index (Phi) is 3.86. The Morgan fingerprint density at radius 2 is 2.00 bits per heavy atom. The molecule has 0 aliphatic carbocycles. The third kappa shape index (κ3) is 2.43. The Labute approximate surface area is 123 Å². The topological polar surface area (TPSA) is 55.1 Å². The Morgan fingerprint density at radius 1 is 1.35 bits per heavy atom. The van der Waals surface area contributed by atoms with Crippen LogP contribution in [0.3, 0.4) is 0 Å². The fourth-order valence-corrected chi connectivity index (χ4v) is 2.54. The van der Waals surface area contributed by atoms with Gasteiger partial charge in [0.1, 0.15) is 0 Å². The van der Waals surface area contributed by atoms with E-state index in [2.05, 4.69) is 5.10 Å². The van der Waals surface area contributed by atoms with Crippen LogP contribution in [0.2, 0.25) is 5.02 Å². The molecule has 106 valence electrons. The van der Waals surface area contributed by atoms with Gasteiger partial charge in [0.15, 0.2) is 0 Å². The molecule has 0 saturated carbocycles. The molecule has 1 N–H and O–H groups in total. The Bertz CT molecular complexity index is 677. The Balaban J connectivity index is 2.56. The van der Waals surface area contributed by atoms with Crippen LogP contribution in [0.25, 0.3) is 5.69 Å². The van der Waals surface area contributed by atoms with Crippen LogP contribution < -0.4 is 0 Å². The molecular formula is C15H17ClN2O2. The van der Waals surface area contributed by atoms with E-state index in [1.54, 1.807) is 11.6 Å². The van der Waals surface area contributed by atoms with Gasteiger partial charge in [0.2, 0.25) is 0 Å².